The van der Waals surface area contributed by atoms with E-state index in [0.717, 1.165) is 37.0 Å². The first-order valence-corrected chi connectivity index (χ1v) is 11.0. The van der Waals surface area contributed by atoms with E-state index >= 15 is 0 Å². The summed E-state index contributed by atoms with van der Waals surface area (Å²) in [6, 6.07) is 7.88. The number of halogens is 1. The third kappa shape index (κ3) is 5.81. The SMILES string of the molecule is CC(NC(=O)c1cc(C2CC2)on1)C1CCN(C(=O)C(N)Cc2ccc(O)cc2)CC1.Cl. The molecule has 2 unspecified atom stereocenters. The second kappa shape index (κ2) is 10.4. The normalized spacial score (nSPS) is 18.5. The average Bonchev–Trinajstić information content (AvgIpc) is 3.51. The third-order valence-electron chi connectivity index (χ3n) is 6.37. The summed E-state index contributed by atoms with van der Waals surface area (Å²) in [6.45, 7) is 3.25. The van der Waals surface area contributed by atoms with Crippen LogP contribution in [0.25, 0.3) is 0 Å². The number of piperidine rings is 1. The van der Waals surface area contributed by atoms with Gasteiger partial charge in [-0.3, -0.25) is 9.59 Å². The van der Waals surface area contributed by atoms with Gasteiger partial charge in [0.2, 0.25) is 5.91 Å². The minimum atomic E-state index is -0.606. The molecule has 1 aliphatic heterocycles. The predicted molar refractivity (Wildman–Crippen MR) is 122 cm³/mol. The van der Waals surface area contributed by atoms with Crippen LogP contribution in [0.2, 0.25) is 0 Å². The zero-order valence-electron chi connectivity index (χ0n) is 18.2. The Hall–Kier alpha value is -2.58. The van der Waals surface area contributed by atoms with Gasteiger partial charge in [0.15, 0.2) is 5.69 Å². The highest BCUT2D eigenvalue weighted by Gasteiger charge is 2.31. The standard InChI is InChI=1S/C23H30N4O4.ClH/c1-14(25-22(29)20-13-21(31-26-20)17-4-5-17)16-8-10-27(11-9-16)23(30)19(24)12-15-2-6-18(28)7-3-15;/h2-3,6-7,13-14,16-17,19,28H,4-5,8-12,24H2,1H3,(H,25,29);1H. The molecule has 2 amide bonds. The number of carbonyl (C=O) groups is 2. The number of nitrogens with zero attached hydrogens (tertiary/aromatic N) is 2. The van der Waals surface area contributed by atoms with E-state index in [0.29, 0.717) is 31.1 Å². The Labute approximate surface area is 193 Å². The Morgan fingerprint density at radius 3 is 2.50 bits per heavy atom. The van der Waals surface area contributed by atoms with Crippen molar-refractivity contribution in [2.75, 3.05) is 13.1 Å². The Morgan fingerprint density at radius 2 is 1.88 bits per heavy atom. The molecule has 0 bridgehead atoms. The zero-order valence-corrected chi connectivity index (χ0v) is 19.0. The molecular formula is C23H31ClN4O4. The topological polar surface area (TPSA) is 122 Å². The predicted octanol–water partition coefficient (Wildman–Crippen LogP) is 2.61. The molecule has 1 aromatic carbocycles. The molecule has 0 spiro atoms. The van der Waals surface area contributed by atoms with Crippen molar-refractivity contribution in [1.29, 1.82) is 0 Å². The van der Waals surface area contributed by atoms with Gasteiger partial charge in [-0.05, 0) is 62.6 Å². The fraction of sp³-hybridized carbons (Fsp3) is 0.522. The van der Waals surface area contributed by atoms with Crippen molar-refractivity contribution < 1.29 is 19.2 Å². The number of aromatic nitrogens is 1. The van der Waals surface area contributed by atoms with E-state index in [-0.39, 0.29) is 41.9 Å². The summed E-state index contributed by atoms with van der Waals surface area (Å²) in [5.74, 6) is 1.44. The van der Waals surface area contributed by atoms with Crippen molar-refractivity contribution in [2.45, 2.75) is 57.0 Å². The van der Waals surface area contributed by atoms with E-state index in [1.165, 1.54) is 0 Å². The lowest BCUT2D eigenvalue weighted by Crippen LogP contribution is -2.50. The number of benzene rings is 1. The van der Waals surface area contributed by atoms with Crippen molar-refractivity contribution in [3.8, 4) is 5.75 Å². The first kappa shape index (κ1) is 24.1. The highest BCUT2D eigenvalue weighted by Crippen LogP contribution is 2.40. The lowest BCUT2D eigenvalue weighted by Gasteiger charge is -2.36. The van der Waals surface area contributed by atoms with Crippen LogP contribution in [0, 0.1) is 5.92 Å². The van der Waals surface area contributed by atoms with Crippen LogP contribution in [-0.2, 0) is 11.2 Å². The molecule has 4 rings (SSSR count). The number of nitrogens with two attached hydrogens (primary N) is 1. The van der Waals surface area contributed by atoms with Crippen molar-refractivity contribution in [3.63, 3.8) is 0 Å². The molecule has 2 heterocycles. The van der Waals surface area contributed by atoms with Crippen molar-refractivity contribution in [3.05, 3.63) is 47.3 Å². The molecular weight excluding hydrogens is 432 g/mol. The minimum absolute atomic E-state index is 0. The van der Waals surface area contributed by atoms with E-state index in [1.807, 2.05) is 11.8 Å². The average molecular weight is 463 g/mol. The van der Waals surface area contributed by atoms with Crippen LogP contribution in [0.15, 0.2) is 34.9 Å². The van der Waals surface area contributed by atoms with Crippen LogP contribution in [0.3, 0.4) is 0 Å². The summed E-state index contributed by atoms with van der Waals surface area (Å²) in [4.78, 5) is 27.0. The molecule has 174 valence electrons. The van der Waals surface area contributed by atoms with Gasteiger partial charge in [0.05, 0.1) is 6.04 Å². The number of amides is 2. The number of aromatic hydroxyl groups is 1. The quantitative estimate of drug-likeness (QED) is 0.581. The maximum Gasteiger partial charge on any atom is 0.273 e. The van der Waals surface area contributed by atoms with Crippen LogP contribution in [-0.4, -0.2) is 52.2 Å². The molecule has 8 nitrogen and oxygen atoms in total. The molecule has 4 N–H and O–H groups in total. The third-order valence-corrected chi connectivity index (χ3v) is 6.37. The first-order chi connectivity index (χ1) is 14.9. The number of nitrogens with one attached hydrogen (secondary N) is 1. The highest BCUT2D eigenvalue weighted by atomic mass is 35.5. The maximum atomic E-state index is 12.7. The van der Waals surface area contributed by atoms with Gasteiger partial charge < -0.3 is 25.6 Å². The van der Waals surface area contributed by atoms with Gasteiger partial charge in [-0.2, -0.15) is 0 Å². The molecule has 32 heavy (non-hydrogen) atoms. The summed E-state index contributed by atoms with van der Waals surface area (Å²) in [5.41, 5.74) is 7.40. The second-order valence-corrected chi connectivity index (χ2v) is 8.79. The van der Waals surface area contributed by atoms with Gasteiger partial charge in [-0.15, -0.1) is 12.4 Å². The van der Waals surface area contributed by atoms with Crippen LogP contribution in [0.1, 0.15) is 60.3 Å². The van der Waals surface area contributed by atoms with Gasteiger partial charge in [0, 0.05) is 31.1 Å². The summed E-state index contributed by atoms with van der Waals surface area (Å²) in [6.07, 6.45) is 4.26. The fourth-order valence-corrected chi connectivity index (χ4v) is 4.18. The Kier molecular flexibility index (Phi) is 7.79. The van der Waals surface area contributed by atoms with E-state index in [4.69, 9.17) is 10.3 Å². The van der Waals surface area contributed by atoms with Gasteiger partial charge in [0.1, 0.15) is 11.5 Å². The monoisotopic (exact) mass is 462 g/mol. The largest absolute Gasteiger partial charge is 0.508 e. The molecule has 1 aliphatic carbocycles. The molecule has 1 saturated carbocycles. The number of likely N-dealkylation sites (tertiary alicyclic amines) is 1. The molecule has 2 aliphatic rings. The molecule has 2 atom stereocenters. The molecule has 9 heteroatoms. The molecule has 1 aromatic heterocycles. The summed E-state index contributed by atoms with van der Waals surface area (Å²) < 4.78 is 5.27. The number of carbonyl (C=O) groups excluding carboxylic acids is 2. The van der Waals surface area contributed by atoms with Crippen LogP contribution >= 0.6 is 12.4 Å². The number of phenols is 1. The number of hydrogen-bond donors (Lipinski definition) is 3. The van der Waals surface area contributed by atoms with Crippen LogP contribution in [0.4, 0.5) is 0 Å². The Balaban J connectivity index is 0.00000289. The van der Waals surface area contributed by atoms with Gasteiger partial charge in [-0.25, -0.2) is 0 Å². The van der Waals surface area contributed by atoms with Crippen molar-refractivity contribution in [2.24, 2.45) is 11.7 Å². The van der Waals surface area contributed by atoms with E-state index in [2.05, 4.69) is 10.5 Å². The van der Waals surface area contributed by atoms with Crippen molar-refractivity contribution >= 4 is 24.2 Å². The van der Waals surface area contributed by atoms with E-state index in [1.54, 1.807) is 30.3 Å². The molecule has 0 radical (unpaired) electrons. The number of phenolic OH excluding ortho intramolecular Hbond substituents is 1. The Morgan fingerprint density at radius 1 is 1.22 bits per heavy atom. The molecule has 1 saturated heterocycles. The number of rotatable bonds is 7. The zero-order chi connectivity index (χ0) is 22.0. The van der Waals surface area contributed by atoms with Crippen LogP contribution in [0.5, 0.6) is 5.75 Å². The smallest absolute Gasteiger partial charge is 0.273 e. The first-order valence-electron chi connectivity index (χ1n) is 11.0. The summed E-state index contributed by atoms with van der Waals surface area (Å²) >= 11 is 0. The minimum Gasteiger partial charge on any atom is -0.508 e. The maximum absolute atomic E-state index is 12.7. The summed E-state index contributed by atoms with van der Waals surface area (Å²) in [7, 11) is 0. The van der Waals surface area contributed by atoms with Gasteiger partial charge in [-0.1, -0.05) is 17.3 Å². The van der Waals surface area contributed by atoms with E-state index < -0.39 is 6.04 Å². The molecule has 2 fully saturated rings. The molecule has 2 aromatic rings. The summed E-state index contributed by atoms with van der Waals surface area (Å²) in [5, 5.41) is 16.3. The van der Waals surface area contributed by atoms with Crippen LogP contribution < -0.4 is 11.1 Å². The Bertz CT molecular complexity index is 920. The fourth-order valence-electron chi connectivity index (χ4n) is 4.18. The van der Waals surface area contributed by atoms with E-state index in [9.17, 15) is 14.7 Å². The lowest BCUT2D eigenvalue weighted by atomic mass is 9.89. The number of hydrogen-bond acceptors (Lipinski definition) is 6. The highest BCUT2D eigenvalue weighted by molar-refractivity contribution is 5.92. The lowest BCUT2D eigenvalue weighted by molar-refractivity contribution is -0.134. The van der Waals surface area contributed by atoms with Gasteiger partial charge in [0.25, 0.3) is 5.91 Å². The second-order valence-electron chi connectivity index (χ2n) is 8.79. The van der Waals surface area contributed by atoms with Crippen molar-refractivity contribution in [1.82, 2.24) is 15.4 Å². The van der Waals surface area contributed by atoms with Gasteiger partial charge >= 0.3 is 0 Å².